The van der Waals surface area contributed by atoms with Gasteiger partial charge in [0.25, 0.3) is 0 Å². The van der Waals surface area contributed by atoms with Crippen molar-refractivity contribution in [2.45, 2.75) is 20.0 Å². The summed E-state index contributed by atoms with van der Waals surface area (Å²) in [4.78, 5) is 45.2. The summed E-state index contributed by atoms with van der Waals surface area (Å²) in [6.45, 7) is 3.86. The summed E-state index contributed by atoms with van der Waals surface area (Å²) in [7, 11) is 1.66. The molecule has 9 nitrogen and oxygen atoms in total. The van der Waals surface area contributed by atoms with Crippen molar-refractivity contribution >= 4 is 40.1 Å². The van der Waals surface area contributed by atoms with Gasteiger partial charge in [-0.1, -0.05) is 6.07 Å². The Morgan fingerprint density at radius 3 is 2.58 bits per heavy atom. The first-order chi connectivity index (χ1) is 18.0. The van der Waals surface area contributed by atoms with Crippen LogP contribution in [0.2, 0.25) is 0 Å². The van der Waals surface area contributed by atoms with Crippen molar-refractivity contribution in [3.8, 4) is 21.7 Å². The fourth-order valence-electron chi connectivity index (χ4n) is 3.78. The Hall–Kier alpha value is -4.26. The molecular weight excluding hydrogens is 523 g/mol. The van der Waals surface area contributed by atoms with Crippen LogP contribution in [0.15, 0.2) is 46.8 Å². The van der Waals surface area contributed by atoms with Crippen LogP contribution >= 0.6 is 11.3 Å². The summed E-state index contributed by atoms with van der Waals surface area (Å²) in [5.41, 5.74) is 0.0975. The maximum atomic E-state index is 13.3. The maximum absolute atomic E-state index is 13.3. The number of benzene rings is 1. The molecule has 0 aliphatic rings. The van der Waals surface area contributed by atoms with Gasteiger partial charge in [-0.2, -0.15) is 13.2 Å². The summed E-state index contributed by atoms with van der Waals surface area (Å²) < 4.78 is 46.4. The highest BCUT2D eigenvalue weighted by atomic mass is 32.1. The number of hydrogen-bond donors (Lipinski definition) is 2. The van der Waals surface area contributed by atoms with Crippen LogP contribution in [0.1, 0.15) is 29.9 Å². The summed E-state index contributed by atoms with van der Waals surface area (Å²) >= 11 is 0.801. The Balaban J connectivity index is 1.87. The van der Waals surface area contributed by atoms with E-state index >= 15 is 0 Å². The lowest BCUT2D eigenvalue weighted by atomic mass is 9.99. The zero-order chi connectivity index (χ0) is 27.6. The molecule has 3 aromatic heterocycles. The molecule has 0 saturated heterocycles. The largest absolute Gasteiger partial charge is 0.462 e. The van der Waals surface area contributed by atoms with Crippen LogP contribution in [0.3, 0.4) is 0 Å². The maximum Gasteiger partial charge on any atom is 0.434 e. The molecule has 38 heavy (non-hydrogen) atoms. The molecule has 0 unspecified atom stereocenters. The molecular formula is C25H22F3N5O4S. The van der Waals surface area contributed by atoms with E-state index in [0.29, 0.717) is 28.8 Å². The van der Waals surface area contributed by atoms with Crippen LogP contribution in [0.4, 0.5) is 23.8 Å². The number of rotatable bonds is 6. The van der Waals surface area contributed by atoms with E-state index < -0.39 is 29.3 Å². The van der Waals surface area contributed by atoms with Crippen molar-refractivity contribution in [3.63, 3.8) is 0 Å². The molecule has 0 atom stereocenters. The Kier molecular flexibility index (Phi) is 7.49. The fourth-order valence-corrected chi connectivity index (χ4v) is 4.64. The van der Waals surface area contributed by atoms with Gasteiger partial charge in [0.15, 0.2) is 5.69 Å². The Bertz CT molecular complexity index is 1600. The molecule has 2 N–H and O–H groups in total. The SMILES string of the molecule is CCNC(=O)Nc1cc(-c2nc(C(F)(F)F)cs2)c(-c2ccc3c(=O)c(C(=O)OCC)cn(C)c3c2)cn1. The number of amides is 2. The van der Waals surface area contributed by atoms with Crippen LogP contribution in [0.25, 0.3) is 32.6 Å². The molecule has 0 spiro atoms. The van der Waals surface area contributed by atoms with Gasteiger partial charge in [-0.05, 0) is 37.6 Å². The van der Waals surface area contributed by atoms with Crippen molar-refractivity contribution in [1.29, 1.82) is 0 Å². The lowest BCUT2D eigenvalue weighted by Gasteiger charge is -2.13. The van der Waals surface area contributed by atoms with Crippen molar-refractivity contribution in [3.05, 3.63) is 63.5 Å². The van der Waals surface area contributed by atoms with Crippen LogP contribution in [0.5, 0.6) is 0 Å². The molecule has 4 aromatic rings. The van der Waals surface area contributed by atoms with Gasteiger partial charge in [0.2, 0.25) is 5.43 Å². The summed E-state index contributed by atoms with van der Waals surface area (Å²) in [5.74, 6) is -0.615. The minimum atomic E-state index is -4.62. The third-order valence-corrected chi connectivity index (χ3v) is 6.38. The van der Waals surface area contributed by atoms with Gasteiger partial charge in [-0.25, -0.2) is 19.6 Å². The number of carbonyl (C=O) groups is 2. The molecule has 198 valence electrons. The van der Waals surface area contributed by atoms with Crippen LogP contribution in [0, 0.1) is 0 Å². The standard InChI is InChI=1S/C25H22F3N5O4S/c1-4-29-24(36)32-20-9-15(22-31-19(12-38-22)25(26,27)28)16(10-30-20)13-6-7-14-18(8-13)33(3)11-17(21(14)34)23(35)37-5-2/h6-12H,4-5H2,1-3H3,(H2,29,30,32,36). The predicted molar refractivity (Wildman–Crippen MR) is 137 cm³/mol. The van der Waals surface area contributed by atoms with E-state index in [1.807, 2.05) is 0 Å². The van der Waals surface area contributed by atoms with E-state index in [1.54, 1.807) is 37.6 Å². The molecule has 0 fully saturated rings. The van der Waals surface area contributed by atoms with E-state index in [-0.39, 0.29) is 28.4 Å². The quantitative estimate of drug-likeness (QED) is 0.327. The second-order valence-corrected chi connectivity index (χ2v) is 8.93. The number of nitrogens with one attached hydrogen (secondary N) is 2. The number of pyridine rings is 2. The predicted octanol–water partition coefficient (Wildman–Crippen LogP) is 5.06. The number of esters is 1. The number of nitrogens with zero attached hydrogens (tertiary/aromatic N) is 3. The lowest BCUT2D eigenvalue weighted by Crippen LogP contribution is -2.28. The first kappa shape index (κ1) is 26.8. The van der Waals surface area contributed by atoms with E-state index in [9.17, 15) is 27.6 Å². The molecule has 2 amide bonds. The van der Waals surface area contributed by atoms with Crippen LogP contribution in [-0.4, -0.2) is 39.7 Å². The minimum absolute atomic E-state index is 0.0697. The number of carbonyl (C=O) groups excluding carboxylic acids is 2. The van der Waals surface area contributed by atoms with Gasteiger partial charge in [0.1, 0.15) is 16.4 Å². The number of urea groups is 1. The summed E-state index contributed by atoms with van der Waals surface area (Å²) in [6.07, 6.45) is -1.83. The third-order valence-electron chi connectivity index (χ3n) is 5.50. The lowest BCUT2D eigenvalue weighted by molar-refractivity contribution is -0.140. The van der Waals surface area contributed by atoms with E-state index in [4.69, 9.17) is 4.74 Å². The van der Waals surface area contributed by atoms with Gasteiger partial charge >= 0.3 is 18.2 Å². The number of aryl methyl sites for hydroxylation is 1. The van der Waals surface area contributed by atoms with E-state index in [2.05, 4.69) is 20.6 Å². The highest BCUT2D eigenvalue weighted by Gasteiger charge is 2.34. The average molecular weight is 546 g/mol. The molecule has 4 rings (SSSR count). The number of ether oxygens (including phenoxy) is 1. The topological polar surface area (TPSA) is 115 Å². The normalized spacial score (nSPS) is 11.4. The fraction of sp³-hybridized carbons (Fsp3) is 0.240. The number of thiazole rings is 1. The molecule has 13 heteroatoms. The smallest absolute Gasteiger partial charge is 0.434 e. The van der Waals surface area contributed by atoms with Gasteiger partial charge in [-0.3, -0.25) is 10.1 Å². The number of fused-ring (bicyclic) bond motifs is 1. The van der Waals surface area contributed by atoms with Crippen molar-refractivity contribution in [2.24, 2.45) is 7.05 Å². The molecule has 0 saturated carbocycles. The Morgan fingerprint density at radius 2 is 1.92 bits per heavy atom. The zero-order valence-corrected chi connectivity index (χ0v) is 21.3. The highest BCUT2D eigenvalue weighted by Crippen LogP contribution is 2.39. The number of hydrogen-bond acceptors (Lipinski definition) is 7. The van der Waals surface area contributed by atoms with E-state index in [1.165, 1.54) is 24.5 Å². The van der Waals surface area contributed by atoms with Crippen LogP contribution in [-0.2, 0) is 18.0 Å². The number of aromatic nitrogens is 3. The van der Waals surface area contributed by atoms with Gasteiger partial charge in [-0.15, -0.1) is 11.3 Å². The number of anilines is 1. The number of alkyl halides is 3. The van der Waals surface area contributed by atoms with E-state index in [0.717, 1.165) is 16.7 Å². The van der Waals surface area contributed by atoms with Crippen molar-refractivity contribution < 1.29 is 27.5 Å². The molecule has 0 aliphatic heterocycles. The molecule has 0 radical (unpaired) electrons. The minimum Gasteiger partial charge on any atom is -0.462 e. The van der Waals surface area contributed by atoms with Gasteiger partial charge in [0, 0.05) is 47.9 Å². The monoisotopic (exact) mass is 545 g/mol. The summed E-state index contributed by atoms with van der Waals surface area (Å²) in [5, 5.41) is 6.35. The third kappa shape index (κ3) is 5.37. The van der Waals surface area contributed by atoms with Crippen molar-refractivity contribution in [2.75, 3.05) is 18.5 Å². The first-order valence-corrected chi connectivity index (χ1v) is 12.3. The van der Waals surface area contributed by atoms with Gasteiger partial charge < -0.3 is 14.6 Å². The second-order valence-electron chi connectivity index (χ2n) is 8.07. The molecule has 0 aliphatic carbocycles. The van der Waals surface area contributed by atoms with Crippen LogP contribution < -0.4 is 16.1 Å². The number of halogens is 3. The first-order valence-electron chi connectivity index (χ1n) is 11.4. The Labute approximate surface area is 218 Å². The highest BCUT2D eigenvalue weighted by molar-refractivity contribution is 7.13. The van der Waals surface area contributed by atoms with Crippen molar-refractivity contribution in [1.82, 2.24) is 19.9 Å². The second kappa shape index (κ2) is 10.6. The molecule has 1 aromatic carbocycles. The Morgan fingerprint density at radius 1 is 1.16 bits per heavy atom. The zero-order valence-electron chi connectivity index (χ0n) is 20.5. The molecule has 3 heterocycles. The molecule has 0 bridgehead atoms. The van der Waals surface area contributed by atoms with Gasteiger partial charge in [0.05, 0.1) is 12.1 Å². The summed E-state index contributed by atoms with van der Waals surface area (Å²) in [6, 6.07) is 5.72. The average Bonchev–Trinajstić information content (AvgIpc) is 3.37.